The fraction of sp³-hybridized carbons (Fsp3) is 0.222. The van der Waals surface area contributed by atoms with E-state index in [9.17, 15) is 9.59 Å². The number of nitrogens with one attached hydrogen (secondary N) is 1. The third-order valence-corrected chi connectivity index (χ3v) is 3.35. The molecule has 2 aromatic rings. The summed E-state index contributed by atoms with van der Waals surface area (Å²) in [5.41, 5.74) is 7.84. The molecular weight excluding hydrogens is 292 g/mol. The highest BCUT2D eigenvalue weighted by atomic mass is 16.5. The van der Waals surface area contributed by atoms with Crippen molar-refractivity contribution in [1.82, 2.24) is 5.32 Å². The van der Waals surface area contributed by atoms with Crippen LogP contribution in [0, 0.1) is 0 Å². The maximum atomic E-state index is 11.8. The molecule has 0 aliphatic carbocycles. The average molecular weight is 312 g/mol. The summed E-state index contributed by atoms with van der Waals surface area (Å²) in [6, 6.07) is 14.7. The summed E-state index contributed by atoms with van der Waals surface area (Å²) in [7, 11) is 0. The molecule has 0 aromatic heterocycles. The zero-order valence-corrected chi connectivity index (χ0v) is 13.0. The molecule has 0 unspecified atom stereocenters. The first-order valence-electron chi connectivity index (χ1n) is 7.40. The molecule has 120 valence electrons. The Hall–Kier alpha value is -2.82. The molecule has 0 fully saturated rings. The molecule has 5 heteroatoms. The Morgan fingerprint density at radius 2 is 1.87 bits per heavy atom. The highest BCUT2D eigenvalue weighted by Crippen LogP contribution is 2.22. The summed E-state index contributed by atoms with van der Waals surface area (Å²) < 4.78 is 5.39. The smallest absolute Gasteiger partial charge is 0.257 e. The molecule has 23 heavy (non-hydrogen) atoms. The molecule has 0 aliphatic heterocycles. The van der Waals surface area contributed by atoms with Crippen LogP contribution >= 0.6 is 0 Å². The van der Waals surface area contributed by atoms with Gasteiger partial charge in [-0.25, -0.2) is 0 Å². The summed E-state index contributed by atoms with van der Waals surface area (Å²) in [5.74, 6) is 0.117. The Labute approximate surface area is 135 Å². The number of rotatable bonds is 7. The van der Waals surface area contributed by atoms with Gasteiger partial charge in [-0.2, -0.15) is 0 Å². The fourth-order valence-corrected chi connectivity index (χ4v) is 2.08. The van der Waals surface area contributed by atoms with Crippen molar-refractivity contribution in [1.29, 1.82) is 0 Å². The van der Waals surface area contributed by atoms with E-state index in [1.165, 1.54) is 6.92 Å². The first-order valence-corrected chi connectivity index (χ1v) is 7.40. The summed E-state index contributed by atoms with van der Waals surface area (Å²) in [5, 5.41) is 2.79. The number of nitrogens with two attached hydrogens (primary N) is 1. The number of anilines is 1. The second kappa shape index (κ2) is 7.98. The Morgan fingerprint density at radius 1 is 1.13 bits per heavy atom. The van der Waals surface area contributed by atoms with E-state index in [-0.39, 0.29) is 18.3 Å². The lowest BCUT2D eigenvalue weighted by Gasteiger charge is -2.10. The minimum absolute atomic E-state index is 0.0677. The van der Waals surface area contributed by atoms with Crippen molar-refractivity contribution in [3.8, 4) is 5.75 Å². The lowest BCUT2D eigenvalue weighted by molar-refractivity contribution is -0.123. The lowest BCUT2D eigenvalue weighted by Crippen LogP contribution is -2.30. The van der Waals surface area contributed by atoms with Crippen LogP contribution in [0.2, 0.25) is 0 Å². The van der Waals surface area contributed by atoms with Crippen molar-refractivity contribution in [2.45, 2.75) is 13.3 Å². The van der Waals surface area contributed by atoms with Gasteiger partial charge >= 0.3 is 0 Å². The first kappa shape index (κ1) is 16.5. The van der Waals surface area contributed by atoms with Gasteiger partial charge in [0.1, 0.15) is 5.75 Å². The van der Waals surface area contributed by atoms with Crippen molar-refractivity contribution >= 4 is 17.4 Å². The highest BCUT2D eigenvalue weighted by molar-refractivity contribution is 5.95. The third-order valence-electron chi connectivity index (χ3n) is 3.35. The molecule has 0 heterocycles. The molecule has 0 saturated heterocycles. The van der Waals surface area contributed by atoms with E-state index in [1.54, 1.807) is 18.2 Å². The van der Waals surface area contributed by atoms with E-state index >= 15 is 0 Å². The van der Waals surface area contributed by atoms with Crippen LogP contribution in [0.5, 0.6) is 5.75 Å². The fourth-order valence-electron chi connectivity index (χ4n) is 2.08. The number of benzene rings is 2. The van der Waals surface area contributed by atoms with Crippen LogP contribution in [0.25, 0.3) is 0 Å². The van der Waals surface area contributed by atoms with Crippen LogP contribution in [0.15, 0.2) is 48.5 Å². The zero-order chi connectivity index (χ0) is 16.7. The number of hydrogen-bond acceptors (Lipinski definition) is 4. The molecule has 0 radical (unpaired) electrons. The number of carbonyl (C=O) groups excluding carboxylic acids is 2. The van der Waals surface area contributed by atoms with Crippen molar-refractivity contribution in [3.63, 3.8) is 0 Å². The summed E-state index contributed by atoms with van der Waals surface area (Å²) in [6.45, 7) is 1.90. The molecule has 5 nitrogen and oxygen atoms in total. The number of Topliss-reactive ketones (excluding diaryl/α,β-unsaturated/α-hetero) is 1. The molecule has 2 rings (SSSR count). The maximum Gasteiger partial charge on any atom is 0.257 e. The van der Waals surface area contributed by atoms with Gasteiger partial charge in [0.2, 0.25) is 0 Å². The Bertz CT molecular complexity index is 684. The zero-order valence-electron chi connectivity index (χ0n) is 13.0. The predicted molar refractivity (Wildman–Crippen MR) is 89.5 cm³/mol. The Kier molecular flexibility index (Phi) is 5.74. The van der Waals surface area contributed by atoms with Crippen molar-refractivity contribution in [3.05, 3.63) is 59.7 Å². The maximum absolute atomic E-state index is 11.8. The number of amides is 1. The van der Waals surface area contributed by atoms with Crippen molar-refractivity contribution in [2.75, 3.05) is 18.9 Å². The van der Waals surface area contributed by atoms with E-state index in [1.807, 2.05) is 30.3 Å². The molecule has 0 saturated carbocycles. The number of ether oxygens (including phenoxy) is 1. The quantitative estimate of drug-likeness (QED) is 0.606. The largest absolute Gasteiger partial charge is 0.482 e. The van der Waals surface area contributed by atoms with Crippen molar-refractivity contribution in [2.24, 2.45) is 0 Å². The van der Waals surface area contributed by atoms with Gasteiger partial charge in [0.05, 0.1) is 5.69 Å². The molecule has 1 amide bonds. The van der Waals surface area contributed by atoms with Crippen LogP contribution in [0.1, 0.15) is 22.8 Å². The Balaban J connectivity index is 1.77. The van der Waals surface area contributed by atoms with Gasteiger partial charge in [0.25, 0.3) is 5.91 Å². The van der Waals surface area contributed by atoms with Gasteiger partial charge in [-0.15, -0.1) is 0 Å². The minimum Gasteiger partial charge on any atom is -0.482 e. The molecular formula is C18H20N2O3. The van der Waals surface area contributed by atoms with E-state index in [0.29, 0.717) is 23.5 Å². The summed E-state index contributed by atoms with van der Waals surface area (Å²) in [4.78, 5) is 23.0. The van der Waals surface area contributed by atoms with Gasteiger partial charge in [-0.1, -0.05) is 30.3 Å². The monoisotopic (exact) mass is 312 g/mol. The predicted octanol–water partition coefficient (Wildman–Crippen LogP) is 2.21. The molecule has 0 atom stereocenters. The number of carbonyl (C=O) groups is 2. The second-order valence-corrected chi connectivity index (χ2v) is 5.18. The van der Waals surface area contributed by atoms with Gasteiger partial charge in [-0.05, 0) is 37.1 Å². The number of nitrogen functional groups attached to an aromatic ring is 1. The van der Waals surface area contributed by atoms with E-state index in [0.717, 1.165) is 12.0 Å². The van der Waals surface area contributed by atoms with E-state index in [2.05, 4.69) is 5.32 Å². The first-order chi connectivity index (χ1) is 11.1. The van der Waals surface area contributed by atoms with Gasteiger partial charge in [0.15, 0.2) is 12.4 Å². The third kappa shape index (κ3) is 5.14. The molecule has 0 aliphatic rings. The summed E-state index contributed by atoms with van der Waals surface area (Å²) in [6.07, 6.45) is 0.766. The average Bonchev–Trinajstić information content (AvgIpc) is 2.54. The van der Waals surface area contributed by atoms with Crippen LogP contribution in [-0.2, 0) is 11.2 Å². The number of hydrogen-bond donors (Lipinski definition) is 2. The normalized spacial score (nSPS) is 10.1. The van der Waals surface area contributed by atoms with Crippen LogP contribution < -0.4 is 15.8 Å². The minimum atomic E-state index is -0.212. The standard InChI is InChI=1S/C18H20N2O3/c1-13(21)15-7-8-17(16(19)11-15)23-12-18(22)20-10-9-14-5-3-2-4-6-14/h2-8,11H,9-10,12,19H2,1H3,(H,20,22). The molecule has 0 spiro atoms. The molecule has 0 bridgehead atoms. The van der Waals surface area contributed by atoms with Crippen LogP contribution in [-0.4, -0.2) is 24.8 Å². The summed E-state index contributed by atoms with van der Waals surface area (Å²) >= 11 is 0. The van der Waals surface area contributed by atoms with Gasteiger partial charge < -0.3 is 15.8 Å². The van der Waals surface area contributed by atoms with Gasteiger partial charge in [-0.3, -0.25) is 9.59 Å². The molecule has 2 aromatic carbocycles. The Morgan fingerprint density at radius 3 is 2.52 bits per heavy atom. The van der Waals surface area contributed by atoms with E-state index in [4.69, 9.17) is 10.5 Å². The topological polar surface area (TPSA) is 81.4 Å². The lowest BCUT2D eigenvalue weighted by atomic mass is 10.1. The van der Waals surface area contributed by atoms with E-state index < -0.39 is 0 Å². The van der Waals surface area contributed by atoms with Crippen molar-refractivity contribution < 1.29 is 14.3 Å². The van der Waals surface area contributed by atoms with Crippen LogP contribution in [0.4, 0.5) is 5.69 Å². The second-order valence-electron chi connectivity index (χ2n) is 5.18. The number of ketones is 1. The SMILES string of the molecule is CC(=O)c1ccc(OCC(=O)NCCc2ccccc2)c(N)c1. The highest BCUT2D eigenvalue weighted by Gasteiger charge is 2.07. The molecule has 3 N–H and O–H groups in total. The van der Waals surface area contributed by atoms with Crippen LogP contribution in [0.3, 0.4) is 0 Å². The van der Waals surface area contributed by atoms with Gasteiger partial charge in [0, 0.05) is 12.1 Å².